The minimum atomic E-state index is -1.32. The van der Waals surface area contributed by atoms with Crippen molar-refractivity contribution in [2.75, 3.05) is 0 Å². The zero-order chi connectivity index (χ0) is 12.1. The van der Waals surface area contributed by atoms with E-state index < -0.39 is 24.0 Å². The third kappa shape index (κ3) is 3.03. The number of aliphatic carboxylic acids is 1. The molecule has 0 fully saturated rings. The molecule has 1 unspecified atom stereocenters. The molecule has 0 aromatic carbocycles. The van der Waals surface area contributed by atoms with Gasteiger partial charge in [-0.25, -0.2) is 4.79 Å². The first-order valence-electron chi connectivity index (χ1n) is 4.64. The van der Waals surface area contributed by atoms with Crippen LogP contribution in [0.3, 0.4) is 0 Å². The molecular formula is C10H12N2O4. The molecule has 0 aliphatic heterocycles. The molecule has 2 atom stereocenters. The highest BCUT2D eigenvalue weighted by molar-refractivity contribution is 5.96. The highest BCUT2D eigenvalue weighted by Gasteiger charge is 2.25. The highest BCUT2D eigenvalue weighted by atomic mass is 16.4. The maximum atomic E-state index is 11.6. The van der Waals surface area contributed by atoms with Crippen molar-refractivity contribution >= 4 is 11.9 Å². The number of aliphatic hydroxyl groups is 1. The summed E-state index contributed by atoms with van der Waals surface area (Å²) >= 11 is 0. The van der Waals surface area contributed by atoms with Crippen molar-refractivity contribution in [3.8, 4) is 0 Å². The van der Waals surface area contributed by atoms with E-state index in [1.165, 1.54) is 31.5 Å². The Morgan fingerprint density at radius 2 is 1.94 bits per heavy atom. The molecule has 0 bridgehead atoms. The minimum absolute atomic E-state index is 0.293. The predicted octanol–water partition coefficient (Wildman–Crippen LogP) is -0.355. The van der Waals surface area contributed by atoms with Crippen LogP contribution >= 0.6 is 0 Å². The number of rotatable bonds is 4. The Kier molecular flexibility index (Phi) is 3.96. The zero-order valence-corrected chi connectivity index (χ0v) is 8.62. The van der Waals surface area contributed by atoms with Crippen LogP contribution in [0.1, 0.15) is 17.3 Å². The quantitative estimate of drug-likeness (QED) is 0.649. The van der Waals surface area contributed by atoms with Crippen LogP contribution in [0, 0.1) is 0 Å². The average Bonchev–Trinajstić information content (AvgIpc) is 2.25. The molecule has 0 aliphatic rings. The number of carbonyl (C=O) groups is 2. The van der Waals surface area contributed by atoms with Crippen LogP contribution < -0.4 is 5.32 Å². The molecule has 16 heavy (non-hydrogen) atoms. The van der Waals surface area contributed by atoms with Gasteiger partial charge in [-0.15, -0.1) is 0 Å². The van der Waals surface area contributed by atoms with Gasteiger partial charge in [-0.2, -0.15) is 0 Å². The first-order chi connectivity index (χ1) is 7.52. The molecule has 6 heteroatoms. The molecule has 0 spiro atoms. The molecule has 0 saturated carbocycles. The largest absolute Gasteiger partial charge is 0.480 e. The highest BCUT2D eigenvalue weighted by Crippen LogP contribution is 1.99. The van der Waals surface area contributed by atoms with E-state index in [4.69, 9.17) is 5.11 Å². The van der Waals surface area contributed by atoms with Gasteiger partial charge in [-0.3, -0.25) is 9.78 Å². The van der Waals surface area contributed by atoms with Crippen LogP contribution in [0.25, 0.3) is 0 Å². The zero-order valence-electron chi connectivity index (χ0n) is 8.62. The molecular weight excluding hydrogens is 212 g/mol. The number of carboxylic acids is 1. The number of hydrogen-bond donors (Lipinski definition) is 3. The van der Waals surface area contributed by atoms with Gasteiger partial charge in [0.05, 0.1) is 6.10 Å². The Labute approximate surface area is 91.9 Å². The first-order valence-corrected chi connectivity index (χ1v) is 4.64. The molecule has 1 rings (SSSR count). The molecule has 1 aromatic heterocycles. The van der Waals surface area contributed by atoms with Gasteiger partial charge in [0, 0.05) is 18.0 Å². The van der Waals surface area contributed by atoms with Gasteiger partial charge in [0.15, 0.2) is 6.04 Å². The van der Waals surface area contributed by atoms with E-state index in [9.17, 15) is 14.7 Å². The molecule has 0 aliphatic carbocycles. The molecule has 0 radical (unpaired) electrons. The van der Waals surface area contributed by atoms with Crippen molar-refractivity contribution < 1.29 is 19.8 Å². The number of amides is 1. The topological polar surface area (TPSA) is 99.5 Å². The number of nitrogens with zero attached hydrogens (tertiary/aromatic N) is 1. The van der Waals surface area contributed by atoms with E-state index in [1.54, 1.807) is 0 Å². The molecule has 0 saturated heterocycles. The van der Waals surface area contributed by atoms with Crippen LogP contribution in [0.2, 0.25) is 0 Å². The molecule has 6 nitrogen and oxygen atoms in total. The Morgan fingerprint density at radius 3 is 2.38 bits per heavy atom. The smallest absolute Gasteiger partial charge is 0.328 e. The molecule has 86 valence electrons. The summed E-state index contributed by atoms with van der Waals surface area (Å²) in [6.07, 6.45) is 1.68. The summed E-state index contributed by atoms with van der Waals surface area (Å²) in [5.74, 6) is -1.84. The normalized spacial score (nSPS) is 13.9. The van der Waals surface area contributed by atoms with Crippen molar-refractivity contribution in [3.63, 3.8) is 0 Å². The van der Waals surface area contributed by atoms with Gasteiger partial charge >= 0.3 is 5.97 Å². The predicted molar refractivity (Wildman–Crippen MR) is 54.8 cm³/mol. The average molecular weight is 224 g/mol. The fourth-order valence-corrected chi connectivity index (χ4v) is 1.12. The van der Waals surface area contributed by atoms with Gasteiger partial charge < -0.3 is 15.5 Å². The number of aromatic nitrogens is 1. The lowest BCUT2D eigenvalue weighted by molar-refractivity contribution is -0.141. The Bertz CT molecular complexity index is 378. The van der Waals surface area contributed by atoms with Gasteiger partial charge in [0.25, 0.3) is 5.91 Å². The lowest BCUT2D eigenvalue weighted by atomic mass is 10.1. The van der Waals surface area contributed by atoms with E-state index in [-0.39, 0.29) is 0 Å². The third-order valence-electron chi connectivity index (χ3n) is 1.98. The van der Waals surface area contributed by atoms with Crippen LogP contribution in [-0.4, -0.2) is 39.2 Å². The Hall–Kier alpha value is -1.95. The summed E-state index contributed by atoms with van der Waals surface area (Å²) in [6.45, 7) is 1.30. The Morgan fingerprint density at radius 1 is 1.38 bits per heavy atom. The third-order valence-corrected chi connectivity index (χ3v) is 1.98. The first kappa shape index (κ1) is 12.1. The second-order valence-corrected chi connectivity index (χ2v) is 3.27. The molecule has 3 N–H and O–H groups in total. The number of aliphatic hydroxyl groups excluding tert-OH is 1. The fourth-order valence-electron chi connectivity index (χ4n) is 1.12. The second kappa shape index (κ2) is 5.22. The summed E-state index contributed by atoms with van der Waals surface area (Å²) in [7, 11) is 0. The fraction of sp³-hybridized carbons (Fsp3) is 0.300. The van der Waals surface area contributed by atoms with Crippen LogP contribution in [-0.2, 0) is 4.79 Å². The van der Waals surface area contributed by atoms with E-state index in [1.807, 2.05) is 0 Å². The monoisotopic (exact) mass is 224 g/mol. The van der Waals surface area contributed by atoms with Gasteiger partial charge in [0.2, 0.25) is 0 Å². The van der Waals surface area contributed by atoms with E-state index >= 15 is 0 Å². The second-order valence-electron chi connectivity index (χ2n) is 3.27. The number of carboxylic acid groups (broad SMARTS) is 1. The van der Waals surface area contributed by atoms with Crippen LogP contribution in [0.5, 0.6) is 0 Å². The van der Waals surface area contributed by atoms with Crippen LogP contribution in [0.15, 0.2) is 24.5 Å². The maximum Gasteiger partial charge on any atom is 0.328 e. The van der Waals surface area contributed by atoms with Crippen molar-refractivity contribution in [1.29, 1.82) is 0 Å². The number of nitrogens with one attached hydrogen (secondary N) is 1. The maximum absolute atomic E-state index is 11.6. The van der Waals surface area contributed by atoms with Gasteiger partial charge in [-0.05, 0) is 19.1 Å². The number of pyridine rings is 1. The van der Waals surface area contributed by atoms with Gasteiger partial charge in [-0.1, -0.05) is 0 Å². The lowest BCUT2D eigenvalue weighted by Crippen LogP contribution is -2.47. The van der Waals surface area contributed by atoms with Crippen molar-refractivity contribution in [2.45, 2.75) is 19.1 Å². The number of carbonyl (C=O) groups excluding carboxylic acids is 1. The standard InChI is InChI=1S/C10H12N2O4/c1-6(13)8(10(15)16)12-9(14)7-2-4-11-5-3-7/h2-6,8,13H,1H3,(H,12,14)(H,15,16)/t6?,8-/m1/s1. The van der Waals surface area contributed by atoms with E-state index in [0.29, 0.717) is 5.56 Å². The SMILES string of the molecule is CC(O)[C@@H](NC(=O)c1ccncc1)C(=O)O. The summed E-state index contributed by atoms with van der Waals surface area (Å²) in [4.78, 5) is 26.0. The number of hydrogen-bond acceptors (Lipinski definition) is 4. The van der Waals surface area contributed by atoms with E-state index in [2.05, 4.69) is 10.3 Å². The van der Waals surface area contributed by atoms with Crippen molar-refractivity contribution in [3.05, 3.63) is 30.1 Å². The summed E-state index contributed by atoms with van der Waals surface area (Å²) in [5.41, 5.74) is 0.293. The van der Waals surface area contributed by atoms with Crippen LogP contribution in [0.4, 0.5) is 0 Å². The molecule has 1 amide bonds. The Balaban J connectivity index is 2.74. The minimum Gasteiger partial charge on any atom is -0.480 e. The van der Waals surface area contributed by atoms with E-state index in [0.717, 1.165) is 0 Å². The molecule has 1 heterocycles. The van der Waals surface area contributed by atoms with Crippen molar-refractivity contribution in [1.82, 2.24) is 10.3 Å². The van der Waals surface area contributed by atoms with Crippen molar-refractivity contribution in [2.24, 2.45) is 0 Å². The lowest BCUT2D eigenvalue weighted by Gasteiger charge is -2.16. The summed E-state index contributed by atoms with van der Waals surface area (Å²) in [5, 5.41) is 20.1. The van der Waals surface area contributed by atoms with Gasteiger partial charge in [0.1, 0.15) is 0 Å². The summed E-state index contributed by atoms with van der Waals surface area (Å²) in [6, 6.07) is 1.59. The summed E-state index contributed by atoms with van der Waals surface area (Å²) < 4.78 is 0. The molecule has 1 aromatic rings.